The molecule has 0 atom stereocenters. The van der Waals surface area contributed by atoms with Crippen molar-refractivity contribution in [2.24, 2.45) is 0 Å². The summed E-state index contributed by atoms with van der Waals surface area (Å²) in [6.07, 6.45) is -5.14. The second kappa shape index (κ2) is 4.00. The molecule has 0 saturated heterocycles. The van der Waals surface area contributed by atoms with Gasteiger partial charge in [0, 0.05) is 0 Å². The van der Waals surface area contributed by atoms with Gasteiger partial charge in [0.25, 0.3) is 0 Å². The van der Waals surface area contributed by atoms with Crippen molar-refractivity contribution in [3.05, 3.63) is 39.2 Å². The predicted molar refractivity (Wildman–Crippen MR) is 45.0 cm³/mol. The summed E-state index contributed by atoms with van der Waals surface area (Å²) in [7, 11) is 0. The summed E-state index contributed by atoms with van der Waals surface area (Å²) >= 11 is 0. The molecule has 1 aromatic carbocycles. The number of aromatic carboxylic acids is 1. The van der Waals surface area contributed by atoms with Crippen molar-refractivity contribution in [2.75, 3.05) is 0 Å². The van der Waals surface area contributed by atoms with Crippen LogP contribution >= 0.6 is 0 Å². The largest absolute Gasteiger partial charge is 0.478 e. The molecule has 92 valence electrons. The Kier molecular flexibility index (Phi) is 3.03. The first kappa shape index (κ1) is 12.9. The van der Waals surface area contributed by atoms with E-state index in [9.17, 15) is 32.5 Å². The highest BCUT2D eigenvalue weighted by Gasteiger charge is 2.41. The van der Waals surface area contributed by atoms with Gasteiger partial charge in [0.15, 0.2) is 0 Å². The molecule has 0 saturated carbocycles. The van der Waals surface area contributed by atoms with Gasteiger partial charge in [-0.15, -0.1) is 0 Å². The van der Waals surface area contributed by atoms with Gasteiger partial charge in [0.1, 0.15) is 11.1 Å². The molecular formula is C8H3F4NO4. The normalized spacial score (nSPS) is 11.3. The van der Waals surface area contributed by atoms with Crippen LogP contribution in [0.15, 0.2) is 12.1 Å². The van der Waals surface area contributed by atoms with E-state index in [4.69, 9.17) is 5.11 Å². The number of carboxylic acids is 1. The molecule has 17 heavy (non-hydrogen) atoms. The lowest BCUT2D eigenvalue weighted by Gasteiger charge is -2.08. The Morgan fingerprint density at radius 1 is 1.35 bits per heavy atom. The van der Waals surface area contributed by atoms with Gasteiger partial charge in [0.05, 0.1) is 4.92 Å². The topological polar surface area (TPSA) is 80.4 Å². The van der Waals surface area contributed by atoms with Crippen molar-refractivity contribution in [1.82, 2.24) is 0 Å². The van der Waals surface area contributed by atoms with Gasteiger partial charge in [-0.25, -0.2) is 4.79 Å². The zero-order valence-electron chi connectivity index (χ0n) is 7.79. The van der Waals surface area contributed by atoms with E-state index in [-0.39, 0.29) is 6.07 Å². The van der Waals surface area contributed by atoms with Gasteiger partial charge in [-0.05, 0) is 12.1 Å². The lowest BCUT2D eigenvalue weighted by atomic mass is 10.1. The number of nitro groups is 1. The van der Waals surface area contributed by atoms with Crippen molar-refractivity contribution in [1.29, 1.82) is 0 Å². The van der Waals surface area contributed by atoms with Crippen LogP contribution < -0.4 is 0 Å². The Hall–Kier alpha value is -2.19. The highest BCUT2D eigenvalue weighted by Crippen LogP contribution is 2.38. The highest BCUT2D eigenvalue weighted by atomic mass is 19.4. The van der Waals surface area contributed by atoms with Crippen LogP contribution in [-0.2, 0) is 6.18 Å². The van der Waals surface area contributed by atoms with E-state index in [1.54, 1.807) is 0 Å². The summed E-state index contributed by atoms with van der Waals surface area (Å²) in [5, 5.41) is 18.8. The standard InChI is InChI=1S/C8H3F4NO4/c9-5-3(7(14)15)1-2-4(8(10,11)12)6(5)13(16)17/h1-2H,(H,14,15). The number of carbonyl (C=O) groups is 1. The average Bonchev–Trinajstić information content (AvgIpc) is 2.14. The number of hydrogen-bond acceptors (Lipinski definition) is 3. The van der Waals surface area contributed by atoms with E-state index in [1.165, 1.54) is 0 Å². The van der Waals surface area contributed by atoms with E-state index >= 15 is 0 Å². The van der Waals surface area contributed by atoms with Crippen molar-refractivity contribution < 1.29 is 32.4 Å². The molecule has 0 spiro atoms. The maximum Gasteiger partial charge on any atom is 0.423 e. The van der Waals surface area contributed by atoms with Gasteiger partial charge >= 0.3 is 17.8 Å². The molecule has 0 heterocycles. The number of benzene rings is 1. The molecule has 0 aliphatic heterocycles. The second-order valence-electron chi connectivity index (χ2n) is 2.88. The SMILES string of the molecule is O=C(O)c1ccc(C(F)(F)F)c([N+](=O)[O-])c1F. The van der Waals surface area contributed by atoms with Crippen LogP contribution in [0.25, 0.3) is 0 Å². The molecule has 0 aliphatic carbocycles. The van der Waals surface area contributed by atoms with E-state index in [0.29, 0.717) is 6.07 Å². The molecular weight excluding hydrogens is 250 g/mol. The molecule has 1 aromatic rings. The zero-order chi connectivity index (χ0) is 13.4. The van der Waals surface area contributed by atoms with Crippen LogP contribution in [0.5, 0.6) is 0 Å². The van der Waals surface area contributed by atoms with Crippen LogP contribution in [0.4, 0.5) is 23.2 Å². The van der Waals surface area contributed by atoms with Gasteiger partial charge < -0.3 is 5.11 Å². The van der Waals surface area contributed by atoms with Crippen LogP contribution in [0.1, 0.15) is 15.9 Å². The van der Waals surface area contributed by atoms with Crippen molar-refractivity contribution >= 4 is 11.7 Å². The molecule has 0 unspecified atom stereocenters. The molecule has 0 amide bonds. The molecule has 5 nitrogen and oxygen atoms in total. The Balaban J connectivity index is 3.63. The third kappa shape index (κ3) is 2.32. The summed E-state index contributed by atoms with van der Waals surface area (Å²) in [5.41, 5.74) is -4.91. The smallest absolute Gasteiger partial charge is 0.423 e. The summed E-state index contributed by atoms with van der Waals surface area (Å²) in [5.74, 6) is -3.91. The Morgan fingerprint density at radius 3 is 2.24 bits per heavy atom. The zero-order valence-corrected chi connectivity index (χ0v) is 7.79. The summed E-state index contributed by atoms with van der Waals surface area (Å²) in [4.78, 5) is 19.1. The van der Waals surface area contributed by atoms with Crippen LogP contribution in [0.3, 0.4) is 0 Å². The minimum absolute atomic E-state index is 0.157. The molecule has 9 heteroatoms. The monoisotopic (exact) mass is 253 g/mol. The number of carboxylic acid groups (broad SMARTS) is 1. The van der Waals surface area contributed by atoms with Gasteiger partial charge in [-0.1, -0.05) is 0 Å². The average molecular weight is 253 g/mol. The molecule has 0 aromatic heterocycles. The predicted octanol–water partition coefficient (Wildman–Crippen LogP) is 2.45. The fraction of sp³-hybridized carbons (Fsp3) is 0.125. The molecule has 0 aliphatic rings. The van der Waals surface area contributed by atoms with Crippen molar-refractivity contribution in [3.8, 4) is 0 Å². The fourth-order valence-electron chi connectivity index (χ4n) is 1.14. The Labute approximate surface area is 90.4 Å². The second-order valence-corrected chi connectivity index (χ2v) is 2.88. The van der Waals surface area contributed by atoms with Crippen LogP contribution in [-0.4, -0.2) is 16.0 Å². The van der Waals surface area contributed by atoms with Gasteiger partial charge in [0.2, 0.25) is 5.82 Å². The number of alkyl halides is 3. The number of nitro benzene ring substituents is 1. The minimum Gasteiger partial charge on any atom is -0.478 e. The first-order chi connectivity index (χ1) is 7.66. The van der Waals surface area contributed by atoms with E-state index in [1.807, 2.05) is 0 Å². The lowest BCUT2D eigenvalue weighted by molar-refractivity contribution is -0.390. The third-order valence-corrected chi connectivity index (χ3v) is 1.83. The Morgan fingerprint density at radius 2 is 1.88 bits per heavy atom. The third-order valence-electron chi connectivity index (χ3n) is 1.83. The first-order valence-electron chi connectivity index (χ1n) is 3.93. The van der Waals surface area contributed by atoms with Crippen LogP contribution in [0.2, 0.25) is 0 Å². The summed E-state index contributed by atoms with van der Waals surface area (Å²) in [6, 6.07) is 0.484. The summed E-state index contributed by atoms with van der Waals surface area (Å²) in [6.45, 7) is 0. The molecule has 1 rings (SSSR count). The fourth-order valence-corrected chi connectivity index (χ4v) is 1.14. The quantitative estimate of drug-likeness (QED) is 0.498. The molecule has 1 N–H and O–H groups in total. The van der Waals surface area contributed by atoms with Crippen molar-refractivity contribution in [2.45, 2.75) is 6.18 Å². The van der Waals surface area contributed by atoms with E-state index in [0.717, 1.165) is 0 Å². The summed E-state index contributed by atoms with van der Waals surface area (Å²) < 4.78 is 50.2. The maximum atomic E-state index is 13.2. The first-order valence-corrected chi connectivity index (χ1v) is 3.93. The van der Waals surface area contributed by atoms with Crippen molar-refractivity contribution in [3.63, 3.8) is 0 Å². The number of nitrogens with zero attached hydrogens (tertiary/aromatic N) is 1. The number of hydrogen-bond donors (Lipinski definition) is 1. The minimum atomic E-state index is -5.14. The Bertz CT molecular complexity index is 497. The van der Waals surface area contributed by atoms with E-state index in [2.05, 4.69) is 0 Å². The van der Waals surface area contributed by atoms with Gasteiger partial charge in [-0.2, -0.15) is 17.6 Å². The number of halogens is 4. The molecule has 0 radical (unpaired) electrons. The van der Waals surface area contributed by atoms with Gasteiger partial charge in [-0.3, -0.25) is 10.1 Å². The van der Waals surface area contributed by atoms with Crippen LogP contribution in [0, 0.1) is 15.9 Å². The molecule has 0 fully saturated rings. The maximum absolute atomic E-state index is 13.2. The van der Waals surface area contributed by atoms with E-state index < -0.39 is 39.7 Å². The molecule has 0 bridgehead atoms. The highest BCUT2D eigenvalue weighted by molar-refractivity contribution is 5.89. The number of rotatable bonds is 2. The lowest BCUT2D eigenvalue weighted by Crippen LogP contribution is -2.13.